The quantitative estimate of drug-likeness (QED) is 0.827. The van der Waals surface area contributed by atoms with Gasteiger partial charge in [0, 0.05) is 11.3 Å². The molecule has 1 atom stereocenters. The molecule has 0 aliphatic rings. The van der Waals surface area contributed by atoms with Gasteiger partial charge in [0.15, 0.2) is 0 Å². The highest BCUT2D eigenvalue weighted by Gasteiger charge is 2.12. The van der Waals surface area contributed by atoms with Crippen LogP contribution in [0.5, 0.6) is 5.75 Å². The molecule has 22 heavy (non-hydrogen) atoms. The third-order valence-electron chi connectivity index (χ3n) is 3.76. The van der Waals surface area contributed by atoms with Crippen LogP contribution < -0.4 is 10.1 Å². The summed E-state index contributed by atoms with van der Waals surface area (Å²) < 4.78 is 5.45. The molecule has 0 radical (unpaired) electrons. The number of amides is 1. The normalized spacial score (nSPS) is 11.8. The average Bonchev–Trinajstić information content (AvgIpc) is 2.55. The molecule has 0 saturated heterocycles. The van der Waals surface area contributed by atoms with E-state index in [1.165, 1.54) is 5.56 Å². The fraction of sp³-hybridized carbons (Fsp3) is 0.316. The molecule has 3 nitrogen and oxygen atoms in total. The Hall–Kier alpha value is -2.29. The second-order valence-electron chi connectivity index (χ2n) is 5.31. The third-order valence-corrected chi connectivity index (χ3v) is 3.76. The number of rotatable bonds is 6. The summed E-state index contributed by atoms with van der Waals surface area (Å²) in [5.74, 6) is 1.01. The van der Waals surface area contributed by atoms with Crippen molar-refractivity contribution in [1.29, 1.82) is 0 Å². The largest absolute Gasteiger partial charge is 0.494 e. The van der Waals surface area contributed by atoms with Crippen LogP contribution in [0.1, 0.15) is 49.0 Å². The van der Waals surface area contributed by atoms with E-state index in [0.29, 0.717) is 23.8 Å². The Kier molecular flexibility index (Phi) is 5.59. The van der Waals surface area contributed by atoms with Gasteiger partial charge >= 0.3 is 0 Å². The monoisotopic (exact) mass is 297 g/mol. The van der Waals surface area contributed by atoms with E-state index in [1.807, 2.05) is 37.3 Å². The van der Waals surface area contributed by atoms with Crippen LogP contribution in [0.4, 0.5) is 5.69 Å². The standard InChI is InChI=1S/C19H23NO2/c1-4-14(3)17-11-6-7-12-18(17)20-19(21)15-9-8-10-16(13-15)22-5-2/h6-14H,4-5H2,1-3H3,(H,20,21). The van der Waals surface area contributed by atoms with Crippen LogP contribution in [-0.2, 0) is 0 Å². The third kappa shape index (κ3) is 3.88. The average molecular weight is 297 g/mol. The Bertz CT molecular complexity index is 637. The van der Waals surface area contributed by atoms with E-state index < -0.39 is 0 Å². The lowest BCUT2D eigenvalue weighted by Crippen LogP contribution is -2.14. The van der Waals surface area contributed by atoms with Gasteiger partial charge in [-0.2, -0.15) is 0 Å². The molecular weight excluding hydrogens is 274 g/mol. The van der Waals surface area contributed by atoms with Crippen molar-refractivity contribution >= 4 is 11.6 Å². The number of anilines is 1. The first-order valence-electron chi connectivity index (χ1n) is 7.78. The van der Waals surface area contributed by atoms with Crippen molar-refractivity contribution in [2.24, 2.45) is 0 Å². The molecular formula is C19H23NO2. The predicted molar refractivity (Wildman–Crippen MR) is 90.7 cm³/mol. The number of para-hydroxylation sites is 1. The van der Waals surface area contributed by atoms with Crippen molar-refractivity contribution in [3.63, 3.8) is 0 Å². The lowest BCUT2D eigenvalue weighted by Gasteiger charge is -2.15. The first-order valence-corrected chi connectivity index (χ1v) is 7.78. The molecule has 1 N–H and O–H groups in total. The minimum Gasteiger partial charge on any atom is -0.494 e. The first kappa shape index (κ1) is 16.1. The molecule has 2 aromatic carbocycles. The number of nitrogens with one attached hydrogen (secondary N) is 1. The summed E-state index contributed by atoms with van der Waals surface area (Å²) in [6, 6.07) is 15.2. The number of hydrogen-bond donors (Lipinski definition) is 1. The van der Waals surface area contributed by atoms with Gasteiger partial charge in [-0.25, -0.2) is 0 Å². The van der Waals surface area contributed by atoms with Crippen molar-refractivity contribution in [3.05, 3.63) is 59.7 Å². The lowest BCUT2D eigenvalue weighted by atomic mass is 9.97. The number of ether oxygens (including phenoxy) is 1. The Labute approximate surface area is 132 Å². The molecule has 0 bridgehead atoms. The smallest absolute Gasteiger partial charge is 0.255 e. The van der Waals surface area contributed by atoms with Gasteiger partial charge in [0.2, 0.25) is 0 Å². The summed E-state index contributed by atoms with van der Waals surface area (Å²) in [7, 11) is 0. The Morgan fingerprint density at radius 2 is 1.91 bits per heavy atom. The number of carbonyl (C=O) groups is 1. The topological polar surface area (TPSA) is 38.3 Å². The van der Waals surface area contributed by atoms with Gasteiger partial charge in [0.25, 0.3) is 5.91 Å². The maximum absolute atomic E-state index is 12.5. The zero-order valence-corrected chi connectivity index (χ0v) is 13.4. The summed E-state index contributed by atoms with van der Waals surface area (Å²) in [6.45, 7) is 6.83. The van der Waals surface area contributed by atoms with Crippen LogP contribution in [-0.4, -0.2) is 12.5 Å². The van der Waals surface area contributed by atoms with Crippen LogP contribution in [0.2, 0.25) is 0 Å². The number of benzene rings is 2. The van der Waals surface area contributed by atoms with Crippen molar-refractivity contribution in [3.8, 4) is 5.75 Å². The summed E-state index contributed by atoms with van der Waals surface area (Å²) in [5, 5.41) is 3.02. The van der Waals surface area contributed by atoms with Crippen LogP contribution in [0.25, 0.3) is 0 Å². The molecule has 0 heterocycles. The molecule has 0 aliphatic carbocycles. The summed E-state index contributed by atoms with van der Waals surface area (Å²) in [5.41, 5.74) is 2.65. The molecule has 2 rings (SSSR count). The lowest BCUT2D eigenvalue weighted by molar-refractivity contribution is 0.102. The summed E-state index contributed by atoms with van der Waals surface area (Å²) in [4.78, 5) is 12.5. The molecule has 2 aromatic rings. The molecule has 1 unspecified atom stereocenters. The Balaban J connectivity index is 2.20. The molecule has 1 amide bonds. The van der Waals surface area contributed by atoms with Crippen LogP contribution in [0.3, 0.4) is 0 Å². The van der Waals surface area contributed by atoms with Gasteiger partial charge in [-0.1, -0.05) is 38.1 Å². The van der Waals surface area contributed by atoms with E-state index in [-0.39, 0.29) is 5.91 Å². The van der Waals surface area contributed by atoms with Crippen molar-refractivity contribution in [1.82, 2.24) is 0 Å². The summed E-state index contributed by atoms with van der Waals surface area (Å²) >= 11 is 0. The maximum atomic E-state index is 12.5. The SMILES string of the molecule is CCOc1cccc(C(=O)Nc2ccccc2C(C)CC)c1. The molecule has 3 heteroatoms. The fourth-order valence-electron chi connectivity index (χ4n) is 2.35. The van der Waals surface area contributed by atoms with Crippen molar-refractivity contribution < 1.29 is 9.53 Å². The van der Waals surface area contributed by atoms with Gasteiger partial charge in [0.1, 0.15) is 5.75 Å². The molecule has 0 spiro atoms. The van der Waals surface area contributed by atoms with Gasteiger partial charge in [-0.3, -0.25) is 4.79 Å². The van der Waals surface area contributed by atoms with E-state index >= 15 is 0 Å². The minimum atomic E-state index is -0.114. The van der Waals surface area contributed by atoms with E-state index in [4.69, 9.17) is 4.74 Å². The van der Waals surface area contributed by atoms with Crippen LogP contribution >= 0.6 is 0 Å². The van der Waals surface area contributed by atoms with Gasteiger partial charge in [-0.15, -0.1) is 0 Å². The van der Waals surface area contributed by atoms with E-state index in [9.17, 15) is 4.79 Å². The molecule has 0 fully saturated rings. The fourth-order valence-corrected chi connectivity index (χ4v) is 2.35. The summed E-state index contributed by atoms with van der Waals surface area (Å²) in [6.07, 6.45) is 1.03. The van der Waals surface area contributed by atoms with Crippen molar-refractivity contribution in [2.45, 2.75) is 33.1 Å². The Morgan fingerprint density at radius 3 is 2.64 bits per heavy atom. The van der Waals surface area contributed by atoms with E-state index in [1.54, 1.807) is 12.1 Å². The highest BCUT2D eigenvalue weighted by Crippen LogP contribution is 2.27. The van der Waals surface area contributed by atoms with Gasteiger partial charge in [0.05, 0.1) is 6.61 Å². The van der Waals surface area contributed by atoms with E-state index in [0.717, 1.165) is 12.1 Å². The first-order chi connectivity index (χ1) is 10.7. The minimum absolute atomic E-state index is 0.114. The highest BCUT2D eigenvalue weighted by atomic mass is 16.5. The second kappa shape index (κ2) is 7.64. The van der Waals surface area contributed by atoms with Crippen LogP contribution in [0, 0.1) is 0 Å². The second-order valence-corrected chi connectivity index (χ2v) is 5.31. The van der Waals surface area contributed by atoms with E-state index in [2.05, 4.69) is 25.2 Å². The highest BCUT2D eigenvalue weighted by molar-refractivity contribution is 6.04. The molecule has 116 valence electrons. The molecule has 0 aromatic heterocycles. The molecule has 0 aliphatic heterocycles. The van der Waals surface area contributed by atoms with Gasteiger partial charge < -0.3 is 10.1 Å². The maximum Gasteiger partial charge on any atom is 0.255 e. The predicted octanol–water partition coefficient (Wildman–Crippen LogP) is 4.85. The van der Waals surface area contributed by atoms with Crippen molar-refractivity contribution in [2.75, 3.05) is 11.9 Å². The zero-order valence-electron chi connectivity index (χ0n) is 13.4. The Morgan fingerprint density at radius 1 is 1.14 bits per heavy atom. The zero-order chi connectivity index (χ0) is 15.9. The van der Waals surface area contributed by atoms with Crippen LogP contribution in [0.15, 0.2) is 48.5 Å². The van der Waals surface area contributed by atoms with Gasteiger partial charge in [-0.05, 0) is 49.1 Å². The molecule has 0 saturated carbocycles. The number of hydrogen-bond acceptors (Lipinski definition) is 2. The number of carbonyl (C=O) groups excluding carboxylic acids is 1.